The van der Waals surface area contributed by atoms with Gasteiger partial charge in [0.05, 0.1) is 11.6 Å². The minimum absolute atomic E-state index is 0.607. The highest BCUT2D eigenvalue weighted by atomic mass is 16.3. The van der Waals surface area contributed by atoms with Gasteiger partial charge in [-0.3, -0.25) is 0 Å². The second-order valence-corrected chi connectivity index (χ2v) is 2.81. The lowest BCUT2D eigenvalue weighted by atomic mass is 9.91. The van der Waals surface area contributed by atoms with E-state index in [1.807, 2.05) is 0 Å². The zero-order chi connectivity index (χ0) is 7.78. The highest BCUT2D eigenvalue weighted by Crippen LogP contribution is 2.15. The summed E-state index contributed by atoms with van der Waals surface area (Å²) in [5.41, 5.74) is 11.0. The molecule has 0 aromatic heterocycles. The Balaban J connectivity index is 2.88. The SMILES string of the molecule is CC1(N)C=C(N)C=CC1O. The van der Waals surface area contributed by atoms with Gasteiger partial charge in [-0.15, -0.1) is 0 Å². The first-order chi connectivity index (χ1) is 4.52. The molecule has 3 heteroatoms. The van der Waals surface area contributed by atoms with Crippen LogP contribution in [0.3, 0.4) is 0 Å². The van der Waals surface area contributed by atoms with Crippen molar-refractivity contribution in [2.45, 2.75) is 18.6 Å². The molecule has 0 radical (unpaired) electrons. The van der Waals surface area contributed by atoms with Crippen LogP contribution in [-0.4, -0.2) is 16.7 Å². The largest absolute Gasteiger partial charge is 0.399 e. The van der Waals surface area contributed by atoms with Gasteiger partial charge in [0.1, 0.15) is 0 Å². The summed E-state index contributed by atoms with van der Waals surface area (Å²) >= 11 is 0. The van der Waals surface area contributed by atoms with E-state index in [9.17, 15) is 5.11 Å². The van der Waals surface area contributed by atoms with Crippen LogP contribution in [0, 0.1) is 0 Å². The third-order valence-electron chi connectivity index (χ3n) is 1.59. The Morgan fingerprint density at radius 1 is 1.70 bits per heavy atom. The number of allylic oxidation sites excluding steroid dienone is 1. The van der Waals surface area contributed by atoms with Gasteiger partial charge in [0.25, 0.3) is 0 Å². The second kappa shape index (κ2) is 2.11. The van der Waals surface area contributed by atoms with Crippen LogP contribution in [0.4, 0.5) is 0 Å². The Morgan fingerprint density at radius 3 is 2.70 bits per heavy atom. The highest BCUT2D eigenvalue weighted by molar-refractivity contribution is 5.29. The molecule has 0 aromatic carbocycles. The molecule has 1 aliphatic rings. The van der Waals surface area contributed by atoms with E-state index in [2.05, 4.69) is 0 Å². The quantitative estimate of drug-likeness (QED) is 0.424. The molecule has 0 spiro atoms. The summed E-state index contributed by atoms with van der Waals surface area (Å²) in [4.78, 5) is 0. The second-order valence-electron chi connectivity index (χ2n) is 2.81. The number of nitrogens with two attached hydrogens (primary N) is 2. The van der Waals surface area contributed by atoms with Gasteiger partial charge in [0, 0.05) is 5.70 Å². The zero-order valence-corrected chi connectivity index (χ0v) is 5.91. The molecule has 0 aromatic rings. The molecule has 0 bridgehead atoms. The first-order valence-electron chi connectivity index (χ1n) is 3.16. The van der Waals surface area contributed by atoms with E-state index in [1.54, 1.807) is 25.2 Å². The molecule has 0 saturated carbocycles. The van der Waals surface area contributed by atoms with Crippen molar-refractivity contribution in [2.24, 2.45) is 11.5 Å². The Bertz CT molecular complexity index is 194. The molecular formula is C7H12N2O. The molecule has 0 amide bonds. The van der Waals surface area contributed by atoms with Crippen molar-refractivity contribution in [1.82, 2.24) is 0 Å². The van der Waals surface area contributed by atoms with Gasteiger partial charge in [-0.2, -0.15) is 0 Å². The molecule has 0 saturated heterocycles. The van der Waals surface area contributed by atoms with E-state index in [4.69, 9.17) is 11.5 Å². The Labute approximate surface area is 60.0 Å². The molecule has 2 unspecified atom stereocenters. The number of hydrogen-bond acceptors (Lipinski definition) is 3. The molecule has 2 atom stereocenters. The van der Waals surface area contributed by atoms with E-state index in [1.165, 1.54) is 0 Å². The van der Waals surface area contributed by atoms with Gasteiger partial charge in [-0.05, 0) is 19.1 Å². The Hall–Kier alpha value is -0.800. The van der Waals surface area contributed by atoms with Gasteiger partial charge in [-0.1, -0.05) is 6.08 Å². The summed E-state index contributed by atoms with van der Waals surface area (Å²) in [5.74, 6) is 0. The van der Waals surface area contributed by atoms with Crippen molar-refractivity contribution in [1.29, 1.82) is 0 Å². The summed E-state index contributed by atoms with van der Waals surface area (Å²) < 4.78 is 0. The van der Waals surface area contributed by atoms with Crippen LogP contribution in [0.25, 0.3) is 0 Å². The van der Waals surface area contributed by atoms with Crippen LogP contribution >= 0.6 is 0 Å². The summed E-state index contributed by atoms with van der Waals surface area (Å²) in [6, 6.07) is 0. The van der Waals surface area contributed by atoms with E-state index in [0.29, 0.717) is 5.70 Å². The van der Waals surface area contributed by atoms with Gasteiger partial charge in [0.2, 0.25) is 0 Å². The third kappa shape index (κ3) is 1.20. The fourth-order valence-corrected chi connectivity index (χ4v) is 0.902. The van der Waals surface area contributed by atoms with Gasteiger partial charge >= 0.3 is 0 Å². The maximum atomic E-state index is 9.24. The molecular weight excluding hydrogens is 128 g/mol. The van der Waals surface area contributed by atoms with Crippen LogP contribution in [0.15, 0.2) is 23.9 Å². The smallest absolute Gasteiger partial charge is 0.0938 e. The number of rotatable bonds is 0. The average molecular weight is 140 g/mol. The molecule has 56 valence electrons. The van der Waals surface area contributed by atoms with Crippen molar-refractivity contribution in [3.63, 3.8) is 0 Å². The minimum atomic E-state index is -0.709. The average Bonchev–Trinajstić information content (AvgIpc) is 1.78. The topological polar surface area (TPSA) is 72.3 Å². The minimum Gasteiger partial charge on any atom is -0.399 e. The number of aliphatic hydroxyl groups excluding tert-OH is 1. The Kier molecular flexibility index (Phi) is 1.54. The third-order valence-corrected chi connectivity index (χ3v) is 1.59. The lowest BCUT2D eigenvalue weighted by Crippen LogP contribution is -2.47. The molecule has 5 N–H and O–H groups in total. The molecule has 1 rings (SSSR count). The van der Waals surface area contributed by atoms with Crippen LogP contribution in [0.5, 0.6) is 0 Å². The van der Waals surface area contributed by atoms with Crippen molar-refractivity contribution >= 4 is 0 Å². The number of hydrogen-bond donors (Lipinski definition) is 3. The fraction of sp³-hybridized carbons (Fsp3) is 0.429. The lowest BCUT2D eigenvalue weighted by Gasteiger charge is -2.27. The van der Waals surface area contributed by atoms with E-state index < -0.39 is 11.6 Å². The van der Waals surface area contributed by atoms with Crippen molar-refractivity contribution in [3.8, 4) is 0 Å². The predicted octanol–water partition coefficient (Wildman–Crippen LogP) is -0.523. The van der Waals surface area contributed by atoms with Crippen molar-refractivity contribution in [3.05, 3.63) is 23.9 Å². The van der Waals surface area contributed by atoms with Gasteiger partial charge in [-0.25, -0.2) is 0 Å². The fourth-order valence-electron chi connectivity index (χ4n) is 0.902. The molecule has 3 nitrogen and oxygen atoms in total. The molecule has 0 aliphatic heterocycles. The zero-order valence-electron chi connectivity index (χ0n) is 5.91. The van der Waals surface area contributed by atoms with Gasteiger partial charge < -0.3 is 16.6 Å². The Morgan fingerprint density at radius 2 is 2.30 bits per heavy atom. The first-order valence-corrected chi connectivity index (χ1v) is 3.16. The molecule has 0 heterocycles. The molecule has 0 fully saturated rings. The van der Waals surface area contributed by atoms with Crippen LogP contribution in [0.2, 0.25) is 0 Å². The predicted molar refractivity (Wildman–Crippen MR) is 40.0 cm³/mol. The maximum Gasteiger partial charge on any atom is 0.0938 e. The standard InChI is InChI=1S/C7H12N2O/c1-7(9)4-5(8)2-3-6(7)10/h2-4,6,10H,8-9H2,1H3. The summed E-state index contributed by atoms with van der Waals surface area (Å²) in [6.45, 7) is 1.73. The molecule has 10 heavy (non-hydrogen) atoms. The maximum absolute atomic E-state index is 9.24. The van der Waals surface area contributed by atoms with Crippen molar-refractivity contribution < 1.29 is 5.11 Å². The monoisotopic (exact) mass is 140 g/mol. The first kappa shape index (κ1) is 7.31. The van der Waals surface area contributed by atoms with Crippen LogP contribution < -0.4 is 11.5 Å². The van der Waals surface area contributed by atoms with Crippen LogP contribution in [0.1, 0.15) is 6.92 Å². The van der Waals surface area contributed by atoms with Gasteiger partial charge in [0.15, 0.2) is 0 Å². The summed E-state index contributed by atoms with van der Waals surface area (Å²) in [7, 11) is 0. The van der Waals surface area contributed by atoms with Crippen LogP contribution in [-0.2, 0) is 0 Å². The summed E-state index contributed by atoms with van der Waals surface area (Å²) in [6.07, 6.45) is 4.27. The molecule has 1 aliphatic carbocycles. The lowest BCUT2D eigenvalue weighted by molar-refractivity contribution is 0.161. The van der Waals surface area contributed by atoms with E-state index in [-0.39, 0.29) is 0 Å². The van der Waals surface area contributed by atoms with E-state index in [0.717, 1.165) is 0 Å². The normalized spacial score (nSPS) is 39.5. The van der Waals surface area contributed by atoms with E-state index >= 15 is 0 Å². The highest BCUT2D eigenvalue weighted by Gasteiger charge is 2.26. The van der Waals surface area contributed by atoms with Crippen molar-refractivity contribution in [2.75, 3.05) is 0 Å². The number of aliphatic hydroxyl groups is 1. The summed E-state index contributed by atoms with van der Waals surface area (Å²) in [5, 5.41) is 9.24.